The van der Waals surface area contributed by atoms with Gasteiger partial charge in [-0.25, -0.2) is 0 Å². The number of hydrogen-bond donors (Lipinski definition) is 0. The van der Waals surface area contributed by atoms with Crippen LogP contribution in [0.15, 0.2) is 45.1 Å². The average molecular weight is 341 g/mol. The van der Waals surface area contributed by atoms with E-state index < -0.39 is 0 Å². The summed E-state index contributed by atoms with van der Waals surface area (Å²) in [4.78, 5) is 14.1. The summed E-state index contributed by atoms with van der Waals surface area (Å²) >= 11 is 6.64. The van der Waals surface area contributed by atoms with E-state index in [1.807, 2.05) is 12.1 Å². The molecule has 1 nitrogen and oxygen atoms in total. The molecule has 0 spiro atoms. The van der Waals surface area contributed by atoms with E-state index in [1.165, 1.54) is 5.56 Å². The number of thiophene rings is 1. The molecule has 0 aliphatic rings. The van der Waals surface area contributed by atoms with E-state index in [-0.39, 0.29) is 5.78 Å². The number of halogens is 1. The van der Waals surface area contributed by atoms with Crippen molar-refractivity contribution in [1.29, 1.82) is 0 Å². The lowest BCUT2D eigenvalue weighted by atomic mass is 10.2. The molecule has 2 aromatic rings. The zero-order chi connectivity index (χ0) is 13.0. The molecule has 94 valence electrons. The molecule has 0 saturated heterocycles. The van der Waals surface area contributed by atoms with Crippen LogP contribution in [-0.4, -0.2) is 11.5 Å². The first-order valence-corrected chi connectivity index (χ1v) is 8.18. The topological polar surface area (TPSA) is 17.1 Å². The van der Waals surface area contributed by atoms with Gasteiger partial charge in [-0.15, -0.1) is 23.1 Å². The van der Waals surface area contributed by atoms with Crippen molar-refractivity contribution in [2.45, 2.75) is 18.2 Å². The van der Waals surface area contributed by atoms with E-state index >= 15 is 0 Å². The number of ketones is 1. The molecular weight excluding hydrogens is 328 g/mol. The molecule has 1 heterocycles. The third kappa shape index (κ3) is 4.26. The Morgan fingerprint density at radius 1 is 1.22 bits per heavy atom. The summed E-state index contributed by atoms with van der Waals surface area (Å²) < 4.78 is 1.08. The maximum absolute atomic E-state index is 11.8. The van der Waals surface area contributed by atoms with E-state index in [4.69, 9.17) is 0 Å². The molecule has 18 heavy (non-hydrogen) atoms. The second-order valence-corrected chi connectivity index (χ2v) is 7.62. The summed E-state index contributed by atoms with van der Waals surface area (Å²) in [5.41, 5.74) is 1.24. The summed E-state index contributed by atoms with van der Waals surface area (Å²) in [6.45, 7) is 2.06. The van der Waals surface area contributed by atoms with Crippen LogP contribution in [0.1, 0.15) is 10.4 Å². The summed E-state index contributed by atoms with van der Waals surface area (Å²) in [7, 11) is 0. The lowest BCUT2D eigenvalue weighted by Crippen LogP contribution is -2.04. The number of thioether (sulfide) groups is 1. The number of carbonyl (C=O) groups is 1. The minimum atomic E-state index is 0.273. The molecule has 0 atom stereocenters. The number of Topliss-reactive ketones (excluding diaryl/α,β-unsaturated/α-hetero) is 1. The van der Waals surface area contributed by atoms with Crippen molar-refractivity contribution < 1.29 is 4.79 Å². The van der Waals surface area contributed by atoms with E-state index in [0.717, 1.165) is 13.6 Å². The van der Waals surface area contributed by atoms with Crippen molar-refractivity contribution in [3.05, 3.63) is 50.6 Å². The van der Waals surface area contributed by atoms with Crippen molar-refractivity contribution in [2.75, 3.05) is 5.75 Å². The fraction of sp³-hybridized carbons (Fsp3) is 0.214. The summed E-state index contributed by atoms with van der Waals surface area (Å²) in [5.74, 6) is 0.813. The molecule has 1 aromatic heterocycles. The van der Waals surface area contributed by atoms with Crippen LogP contribution >= 0.6 is 39.0 Å². The molecule has 0 bridgehead atoms. The van der Waals surface area contributed by atoms with Crippen LogP contribution in [0.3, 0.4) is 0 Å². The van der Waals surface area contributed by atoms with Gasteiger partial charge in [0.2, 0.25) is 0 Å². The van der Waals surface area contributed by atoms with E-state index in [0.29, 0.717) is 12.2 Å². The van der Waals surface area contributed by atoms with E-state index in [1.54, 1.807) is 23.1 Å². The van der Waals surface area contributed by atoms with Gasteiger partial charge in [-0.1, -0.05) is 17.7 Å². The second kappa shape index (κ2) is 6.55. The normalized spacial score (nSPS) is 10.6. The van der Waals surface area contributed by atoms with Gasteiger partial charge in [-0.2, -0.15) is 0 Å². The predicted molar refractivity (Wildman–Crippen MR) is 82.6 cm³/mol. The Balaban J connectivity index is 1.83. The highest BCUT2D eigenvalue weighted by atomic mass is 79.9. The Labute approximate surface area is 124 Å². The lowest BCUT2D eigenvalue weighted by molar-refractivity contribution is -0.115. The minimum Gasteiger partial charge on any atom is -0.298 e. The number of rotatable bonds is 5. The molecule has 0 amide bonds. The molecule has 0 saturated carbocycles. The summed E-state index contributed by atoms with van der Waals surface area (Å²) in [6.07, 6.45) is 0.537. The third-order valence-electron chi connectivity index (χ3n) is 2.42. The Bertz CT molecular complexity index is 531. The molecule has 4 heteroatoms. The standard InChI is InChI=1S/C14H13BrOS2/c1-10-2-4-12(5-3-10)17-9-11(16)8-13-6-7-14(15)18-13/h2-7H,8-9H2,1H3. The van der Waals surface area contributed by atoms with Gasteiger partial charge in [0.1, 0.15) is 5.78 Å². The first-order valence-electron chi connectivity index (χ1n) is 5.59. The molecule has 1 aromatic carbocycles. The number of carbonyl (C=O) groups excluding carboxylic acids is 1. The molecule has 0 unspecified atom stereocenters. The highest BCUT2D eigenvalue weighted by Crippen LogP contribution is 2.24. The van der Waals surface area contributed by atoms with Crippen molar-refractivity contribution in [3.63, 3.8) is 0 Å². The second-order valence-electron chi connectivity index (χ2n) is 4.02. The third-order valence-corrected chi connectivity index (χ3v) is 5.12. The molecule has 0 aliphatic heterocycles. The minimum absolute atomic E-state index is 0.273. The van der Waals surface area contributed by atoms with Crippen molar-refractivity contribution in [3.8, 4) is 0 Å². The van der Waals surface area contributed by atoms with Crippen molar-refractivity contribution in [2.24, 2.45) is 0 Å². The number of hydrogen-bond acceptors (Lipinski definition) is 3. The van der Waals surface area contributed by atoms with E-state index in [9.17, 15) is 4.79 Å². The Morgan fingerprint density at radius 3 is 2.56 bits per heavy atom. The van der Waals surface area contributed by atoms with Crippen LogP contribution < -0.4 is 0 Å². The smallest absolute Gasteiger partial charge is 0.148 e. The maximum Gasteiger partial charge on any atom is 0.148 e. The predicted octanol–water partition coefficient (Wildman–Crippen LogP) is 4.72. The molecular formula is C14H13BrOS2. The van der Waals surface area contributed by atoms with Gasteiger partial charge < -0.3 is 0 Å². The first kappa shape index (κ1) is 13.8. The quantitative estimate of drug-likeness (QED) is 0.732. The molecule has 2 rings (SSSR count). The van der Waals surface area contributed by atoms with Crippen LogP contribution in [0.2, 0.25) is 0 Å². The van der Waals surface area contributed by atoms with Crippen LogP contribution in [0.25, 0.3) is 0 Å². The monoisotopic (exact) mass is 340 g/mol. The Morgan fingerprint density at radius 2 is 1.94 bits per heavy atom. The zero-order valence-electron chi connectivity index (χ0n) is 9.98. The highest BCUT2D eigenvalue weighted by molar-refractivity contribution is 9.11. The molecule has 0 N–H and O–H groups in total. The van der Waals surface area contributed by atoms with Gasteiger partial charge in [0.25, 0.3) is 0 Å². The summed E-state index contributed by atoms with van der Waals surface area (Å²) in [6, 6.07) is 12.3. The lowest BCUT2D eigenvalue weighted by Gasteiger charge is -2.01. The number of benzene rings is 1. The highest BCUT2D eigenvalue weighted by Gasteiger charge is 2.06. The Kier molecular flexibility index (Phi) is 5.03. The van der Waals surface area contributed by atoms with Crippen LogP contribution in [0, 0.1) is 6.92 Å². The SMILES string of the molecule is Cc1ccc(SCC(=O)Cc2ccc(Br)s2)cc1. The van der Waals surface area contributed by atoms with Gasteiger partial charge in [-0.05, 0) is 47.1 Å². The van der Waals surface area contributed by atoms with Crippen LogP contribution in [0.4, 0.5) is 0 Å². The van der Waals surface area contributed by atoms with Crippen molar-refractivity contribution in [1.82, 2.24) is 0 Å². The van der Waals surface area contributed by atoms with Crippen molar-refractivity contribution >= 4 is 44.8 Å². The fourth-order valence-electron chi connectivity index (χ4n) is 1.49. The number of aryl methyl sites for hydroxylation is 1. The molecule has 0 aliphatic carbocycles. The van der Waals surface area contributed by atoms with Crippen LogP contribution in [-0.2, 0) is 11.2 Å². The van der Waals surface area contributed by atoms with Gasteiger partial charge in [0.15, 0.2) is 0 Å². The summed E-state index contributed by atoms with van der Waals surface area (Å²) in [5, 5.41) is 0. The molecule has 0 fully saturated rings. The van der Waals surface area contributed by atoms with Gasteiger partial charge in [-0.3, -0.25) is 4.79 Å². The van der Waals surface area contributed by atoms with Gasteiger partial charge >= 0.3 is 0 Å². The zero-order valence-corrected chi connectivity index (χ0v) is 13.2. The van der Waals surface area contributed by atoms with Gasteiger partial charge in [0, 0.05) is 16.2 Å². The van der Waals surface area contributed by atoms with Gasteiger partial charge in [0.05, 0.1) is 9.54 Å². The Hall–Kier alpha value is -0.580. The fourth-order valence-corrected chi connectivity index (χ4v) is 3.76. The first-order chi connectivity index (χ1) is 8.63. The maximum atomic E-state index is 11.8. The average Bonchev–Trinajstić information content (AvgIpc) is 2.74. The van der Waals surface area contributed by atoms with E-state index in [2.05, 4.69) is 47.1 Å². The largest absolute Gasteiger partial charge is 0.298 e. The molecule has 0 radical (unpaired) electrons. The van der Waals surface area contributed by atoms with Crippen LogP contribution in [0.5, 0.6) is 0 Å².